The van der Waals surface area contributed by atoms with E-state index in [9.17, 15) is 19.5 Å². The largest absolute Gasteiger partial charge is 0.381 e. The van der Waals surface area contributed by atoms with Gasteiger partial charge in [-0.05, 0) is 50.3 Å². The van der Waals surface area contributed by atoms with Crippen LogP contribution >= 0.6 is 11.8 Å². The molecule has 0 radical (unpaired) electrons. The number of rotatable bonds is 11. The van der Waals surface area contributed by atoms with Gasteiger partial charge < -0.3 is 20.6 Å². The Balaban J connectivity index is 1.77. The molecule has 3 atom stereocenters. The minimum atomic E-state index is -1.48. The number of aryl methyl sites for hydroxylation is 1. The molecule has 1 aliphatic heterocycles. The van der Waals surface area contributed by atoms with E-state index in [1.165, 1.54) is 16.7 Å². The van der Waals surface area contributed by atoms with Gasteiger partial charge in [-0.3, -0.25) is 14.4 Å². The number of amides is 3. The van der Waals surface area contributed by atoms with Crippen LogP contribution in [0.4, 0.5) is 0 Å². The highest BCUT2D eigenvalue weighted by molar-refractivity contribution is 8.00. The summed E-state index contributed by atoms with van der Waals surface area (Å²) in [5.41, 5.74) is 2.99. The zero-order valence-electron chi connectivity index (χ0n) is 22.2. The van der Waals surface area contributed by atoms with Crippen molar-refractivity contribution >= 4 is 29.5 Å². The van der Waals surface area contributed by atoms with Crippen LogP contribution in [-0.4, -0.2) is 56.5 Å². The van der Waals surface area contributed by atoms with Gasteiger partial charge in [-0.15, -0.1) is 11.8 Å². The van der Waals surface area contributed by atoms with Crippen molar-refractivity contribution in [3.8, 4) is 0 Å². The smallest absolute Gasteiger partial charge is 0.254 e. The second-order valence-corrected chi connectivity index (χ2v) is 11.7. The summed E-state index contributed by atoms with van der Waals surface area (Å²) in [6.07, 6.45) is 0.761. The summed E-state index contributed by atoms with van der Waals surface area (Å²) in [6.45, 7) is 8.22. The van der Waals surface area contributed by atoms with Gasteiger partial charge >= 0.3 is 0 Å². The van der Waals surface area contributed by atoms with E-state index in [2.05, 4.69) is 10.6 Å². The molecule has 0 bridgehead atoms. The molecule has 1 saturated heterocycles. The fraction of sp³-hybridized carbons (Fsp3) is 0.483. The Bertz CT molecular complexity index is 1080. The van der Waals surface area contributed by atoms with E-state index in [1.54, 1.807) is 0 Å². The molecule has 1 fully saturated rings. The minimum Gasteiger partial charge on any atom is -0.381 e. The Morgan fingerprint density at radius 3 is 2.46 bits per heavy atom. The van der Waals surface area contributed by atoms with Crippen LogP contribution in [0.3, 0.4) is 0 Å². The number of nitrogens with zero attached hydrogens (tertiary/aromatic N) is 1. The second kappa shape index (κ2) is 13.1. The maximum absolute atomic E-state index is 13.6. The first-order valence-corrected chi connectivity index (χ1v) is 13.9. The van der Waals surface area contributed by atoms with E-state index in [0.717, 1.165) is 29.5 Å². The average molecular weight is 526 g/mol. The molecule has 37 heavy (non-hydrogen) atoms. The summed E-state index contributed by atoms with van der Waals surface area (Å²) in [5.74, 6) is -0.720. The van der Waals surface area contributed by atoms with Crippen molar-refractivity contribution in [2.24, 2.45) is 0 Å². The van der Waals surface area contributed by atoms with Crippen LogP contribution in [0.2, 0.25) is 0 Å². The summed E-state index contributed by atoms with van der Waals surface area (Å²) in [7, 11) is 0. The van der Waals surface area contributed by atoms with Crippen molar-refractivity contribution in [2.45, 2.75) is 82.9 Å². The molecule has 3 N–H and O–H groups in total. The monoisotopic (exact) mass is 525 g/mol. The maximum atomic E-state index is 13.6. The number of nitrogens with one attached hydrogen (secondary N) is 2. The number of carbonyl (C=O) groups excluding carboxylic acids is 3. The highest BCUT2D eigenvalue weighted by Crippen LogP contribution is 2.40. The van der Waals surface area contributed by atoms with Crippen molar-refractivity contribution in [3.63, 3.8) is 0 Å². The lowest BCUT2D eigenvalue weighted by Crippen LogP contribution is -2.58. The SMILES string of the molecule is CCCCC(=O)NC(Cc1ccccc1)C(O)C(=O)N1CSC(C)(C)C1C(=O)NCc1ccccc1C. The molecule has 3 unspecified atom stereocenters. The van der Waals surface area contributed by atoms with Crippen molar-refractivity contribution in [3.05, 3.63) is 71.3 Å². The van der Waals surface area contributed by atoms with Gasteiger partial charge in [-0.2, -0.15) is 0 Å². The summed E-state index contributed by atoms with van der Waals surface area (Å²) in [4.78, 5) is 41.0. The zero-order chi connectivity index (χ0) is 27.0. The van der Waals surface area contributed by atoms with E-state index < -0.39 is 28.8 Å². The molecule has 2 aromatic carbocycles. The summed E-state index contributed by atoms with van der Waals surface area (Å²) in [5, 5.41) is 17.1. The van der Waals surface area contributed by atoms with E-state index in [4.69, 9.17) is 0 Å². The van der Waals surface area contributed by atoms with E-state index in [1.807, 2.05) is 82.3 Å². The van der Waals surface area contributed by atoms with Crippen LogP contribution in [0.1, 0.15) is 56.7 Å². The molecule has 7 nitrogen and oxygen atoms in total. The fourth-order valence-corrected chi connectivity index (χ4v) is 5.71. The van der Waals surface area contributed by atoms with Gasteiger partial charge in [0.05, 0.1) is 11.9 Å². The van der Waals surface area contributed by atoms with Crippen LogP contribution in [0.15, 0.2) is 54.6 Å². The number of carbonyl (C=O) groups is 3. The molecule has 1 heterocycles. The van der Waals surface area contributed by atoms with Crippen LogP contribution in [-0.2, 0) is 27.3 Å². The first kappa shape index (κ1) is 28.7. The molecule has 0 saturated carbocycles. The van der Waals surface area contributed by atoms with Gasteiger partial charge in [0, 0.05) is 17.7 Å². The molecule has 1 aliphatic rings. The van der Waals surface area contributed by atoms with Gasteiger partial charge in [-0.1, -0.05) is 67.9 Å². The molecule has 0 aliphatic carbocycles. The predicted molar refractivity (Wildman–Crippen MR) is 148 cm³/mol. The van der Waals surface area contributed by atoms with Gasteiger partial charge in [0.2, 0.25) is 11.8 Å². The van der Waals surface area contributed by atoms with Gasteiger partial charge in [0.1, 0.15) is 6.04 Å². The molecule has 8 heteroatoms. The normalized spacial score (nSPS) is 18.2. The fourth-order valence-electron chi connectivity index (χ4n) is 4.57. The Kier molecular flexibility index (Phi) is 10.2. The molecular formula is C29H39N3O4S. The summed E-state index contributed by atoms with van der Waals surface area (Å²) < 4.78 is -0.537. The molecular weight excluding hydrogens is 486 g/mol. The van der Waals surface area contributed by atoms with Gasteiger partial charge in [0.25, 0.3) is 5.91 Å². The molecule has 0 aromatic heterocycles. The maximum Gasteiger partial charge on any atom is 0.254 e. The van der Waals surface area contributed by atoms with E-state index >= 15 is 0 Å². The second-order valence-electron chi connectivity index (χ2n) is 10.1. The lowest BCUT2D eigenvalue weighted by molar-refractivity contribution is -0.147. The van der Waals surface area contributed by atoms with E-state index in [0.29, 0.717) is 19.4 Å². The predicted octanol–water partition coefficient (Wildman–Crippen LogP) is 3.57. The molecule has 3 amide bonds. The highest BCUT2D eigenvalue weighted by Gasteiger charge is 2.49. The lowest BCUT2D eigenvalue weighted by Gasteiger charge is -2.33. The first-order valence-electron chi connectivity index (χ1n) is 12.9. The van der Waals surface area contributed by atoms with Crippen LogP contribution in [0.5, 0.6) is 0 Å². The number of aliphatic hydroxyl groups is 1. The number of aliphatic hydroxyl groups excluding tert-OH is 1. The van der Waals surface area contributed by atoms with Crippen LogP contribution in [0.25, 0.3) is 0 Å². The van der Waals surface area contributed by atoms with Crippen molar-refractivity contribution in [1.82, 2.24) is 15.5 Å². The summed E-state index contributed by atoms with van der Waals surface area (Å²) >= 11 is 1.50. The quantitative estimate of drug-likeness (QED) is 0.417. The Labute approximate surface area is 224 Å². The van der Waals surface area contributed by atoms with E-state index in [-0.39, 0.29) is 17.7 Å². The van der Waals surface area contributed by atoms with Crippen molar-refractivity contribution in [2.75, 3.05) is 5.88 Å². The van der Waals surface area contributed by atoms with Crippen LogP contribution in [0, 0.1) is 6.92 Å². The Morgan fingerprint density at radius 2 is 1.78 bits per heavy atom. The lowest BCUT2D eigenvalue weighted by atomic mass is 9.97. The Hall–Kier alpha value is -2.84. The number of thioether (sulfide) groups is 1. The first-order chi connectivity index (χ1) is 17.6. The zero-order valence-corrected chi connectivity index (χ0v) is 23.0. The van der Waals surface area contributed by atoms with Crippen molar-refractivity contribution in [1.29, 1.82) is 0 Å². The molecule has 2 aromatic rings. The Morgan fingerprint density at radius 1 is 1.11 bits per heavy atom. The van der Waals surface area contributed by atoms with Gasteiger partial charge in [-0.25, -0.2) is 0 Å². The third kappa shape index (κ3) is 7.58. The standard InChI is InChI=1S/C29H39N3O4S/c1-5-6-16-24(33)31-23(17-21-13-8-7-9-14-21)25(34)28(36)32-19-37-29(3,4)26(32)27(35)30-18-22-15-11-10-12-20(22)2/h7-15,23,25-26,34H,5-6,16-19H2,1-4H3,(H,30,35)(H,31,33). The van der Waals surface area contributed by atoms with Crippen molar-refractivity contribution < 1.29 is 19.5 Å². The van der Waals surface area contributed by atoms with Crippen LogP contribution < -0.4 is 10.6 Å². The van der Waals surface area contributed by atoms with Gasteiger partial charge in [0.15, 0.2) is 6.10 Å². The summed E-state index contributed by atoms with van der Waals surface area (Å²) in [6, 6.07) is 15.7. The third-order valence-electron chi connectivity index (χ3n) is 6.83. The molecule has 3 rings (SSSR count). The number of hydrogen-bond donors (Lipinski definition) is 3. The average Bonchev–Trinajstić information content (AvgIpc) is 3.21. The third-order valence-corrected chi connectivity index (χ3v) is 8.20. The topological polar surface area (TPSA) is 98.7 Å². The molecule has 0 spiro atoms. The number of hydrogen-bond acceptors (Lipinski definition) is 5. The minimum absolute atomic E-state index is 0.196. The highest BCUT2D eigenvalue weighted by atomic mass is 32.2. The number of benzene rings is 2. The number of unbranched alkanes of at least 4 members (excludes halogenated alkanes) is 1. The molecule has 200 valence electrons.